The van der Waals surface area contributed by atoms with Gasteiger partial charge < -0.3 is 19.9 Å². The summed E-state index contributed by atoms with van der Waals surface area (Å²) in [6.07, 6.45) is 5.44. The van der Waals surface area contributed by atoms with E-state index in [4.69, 9.17) is 4.74 Å². The second-order valence-electron chi connectivity index (χ2n) is 8.90. The molecule has 5 rings (SSSR count). The van der Waals surface area contributed by atoms with Gasteiger partial charge in [0, 0.05) is 29.8 Å². The number of amides is 1. The minimum Gasteiger partial charge on any atom is -0.497 e. The number of carbonyl (C=O) groups excluding carboxylic acids is 1. The van der Waals surface area contributed by atoms with Gasteiger partial charge in [0.05, 0.1) is 13.2 Å². The first-order valence-electron chi connectivity index (χ1n) is 12.1. The van der Waals surface area contributed by atoms with Gasteiger partial charge >= 0.3 is 0 Å². The molecule has 36 heavy (non-hydrogen) atoms. The maximum Gasteiger partial charge on any atom is 0.270 e. The van der Waals surface area contributed by atoms with Gasteiger partial charge in [0.2, 0.25) is 0 Å². The van der Waals surface area contributed by atoms with Crippen molar-refractivity contribution in [2.75, 3.05) is 7.11 Å². The van der Waals surface area contributed by atoms with Crippen molar-refractivity contribution in [3.05, 3.63) is 95.9 Å². The Morgan fingerprint density at radius 2 is 1.92 bits per heavy atom. The number of ether oxygens (including phenoxy) is 1. The highest BCUT2D eigenvalue weighted by atomic mass is 16.5. The van der Waals surface area contributed by atoms with Crippen LogP contribution in [0.3, 0.4) is 0 Å². The van der Waals surface area contributed by atoms with Gasteiger partial charge in [-0.3, -0.25) is 15.2 Å². The second kappa shape index (κ2) is 10.5. The van der Waals surface area contributed by atoms with Gasteiger partial charge in [-0.15, -0.1) is 0 Å². The molecule has 8 heteroatoms. The fraction of sp³-hybridized carbons (Fsp3) is 0.250. The van der Waals surface area contributed by atoms with Gasteiger partial charge in [-0.05, 0) is 61.2 Å². The lowest BCUT2D eigenvalue weighted by molar-refractivity contribution is 0.0942. The number of amidine groups is 1. The number of carbonyl (C=O) groups is 1. The molecule has 2 aromatic heterocycles. The minimum atomic E-state index is -0.302. The fourth-order valence-electron chi connectivity index (χ4n) is 4.58. The van der Waals surface area contributed by atoms with Crippen LogP contribution in [0, 0.1) is 0 Å². The van der Waals surface area contributed by atoms with E-state index >= 15 is 0 Å². The number of pyridine rings is 1. The molecule has 0 bridgehead atoms. The van der Waals surface area contributed by atoms with E-state index in [9.17, 15) is 4.79 Å². The predicted molar refractivity (Wildman–Crippen MR) is 141 cm³/mol. The van der Waals surface area contributed by atoms with E-state index in [2.05, 4.69) is 67.2 Å². The number of aromatic nitrogens is 2. The topological polar surface area (TPSA) is 94.6 Å². The molecule has 2 aromatic carbocycles. The van der Waals surface area contributed by atoms with Crippen LogP contribution in [0.25, 0.3) is 10.9 Å². The molecule has 0 fully saturated rings. The van der Waals surface area contributed by atoms with Gasteiger partial charge in [-0.2, -0.15) is 5.10 Å². The molecule has 1 amide bonds. The monoisotopic (exact) mass is 482 g/mol. The Hall–Kier alpha value is -4.33. The third kappa shape index (κ3) is 5.02. The molecular formula is C28H30N6O2. The van der Waals surface area contributed by atoms with Gasteiger partial charge in [-0.25, -0.2) is 0 Å². The maximum atomic E-state index is 12.7. The average molecular weight is 483 g/mol. The van der Waals surface area contributed by atoms with Crippen molar-refractivity contribution in [1.29, 1.82) is 0 Å². The van der Waals surface area contributed by atoms with Crippen molar-refractivity contribution < 1.29 is 9.53 Å². The molecule has 1 aliphatic heterocycles. The van der Waals surface area contributed by atoms with Crippen molar-refractivity contribution >= 4 is 22.6 Å². The SMILES string of the molecule is COc1ccc(CN2C([C@@H](C)NC(=O)c3ccccn3)=NNC2CCc2c[nH]c3ccccc23)cc1. The summed E-state index contributed by atoms with van der Waals surface area (Å²) < 4.78 is 5.31. The summed E-state index contributed by atoms with van der Waals surface area (Å²) in [5, 5.41) is 8.95. The number of hydrazone groups is 1. The van der Waals surface area contributed by atoms with E-state index in [-0.39, 0.29) is 18.1 Å². The molecule has 2 atom stereocenters. The Kier molecular flexibility index (Phi) is 6.84. The van der Waals surface area contributed by atoms with E-state index < -0.39 is 0 Å². The number of aryl methyl sites for hydroxylation is 1. The fourth-order valence-corrected chi connectivity index (χ4v) is 4.58. The number of nitrogens with zero attached hydrogens (tertiary/aromatic N) is 3. The van der Waals surface area contributed by atoms with E-state index in [1.165, 1.54) is 10.9 Å². The first-order valence-corrected chi connectivity index (χ1v) is 12.1. The van der Waals surface area contributed by atoms with Crippen molar-refractivity contribution in [3.8, 4) is 5.75 Å². The van der Waals surface area contributed by atoms with Crippen LogP contribution in [0.15, 0.2) is 84.2 Å². The quantitative estimate of drug-likeness (QED) is 0.334. The molecule has 0 saturated carbocycles. The van der Waals surface area contributed by atoms with Crippen LogP contribution in [-0.2, 0) is 13.0 Å². The van der Waals surface area contributed by atoms with Crippen LogP contribution in [0.5, 0.6) is 5.75 Å². The van der Waals surface area contributed by atoms with Gasteiger partial charge in [0.15, 0.2) is 0 Å². The molecule has 0 saturated heterocycles. The van der Waals surface area contributed by atoms with Crippen LogP contribution >= 0.6 is 0 Å². The Bertz CT molecular complexity index is 1350. The summed E-state index contributed by atoms with van der Waals surface area (Å²) in [7, 11) is 1.66. The van der Waals surface area contributed by atoms with E-state index in [0.717, 1.165) is 35.5 Å². The number of methoxy groups -OCH3 is 1. The number of hydrogen-bond donors (Lipinski definition) is 3. The Morgan fingerprint density at radius 1 is 1.11 bits per heavy atom. The van der Waals surface area contributed by atoms with E-state index in [1.807, 2.05) is 25.1 Å². The lowest BCUT2D eigenvalue weighted by Gasteiger charge is -2.30. The van der Waals surface area contributed by atoms with Crippen molar-refractivity contribution in [2.45, 2.75) is 38.5 Å². The number of fused-ring (bicyclic) bond motifs is 1. The Balaban J connectivity index is 1.33. The lowest BCUT2D eigenvalue weighted by atomic mass is 10.1. The minimum absolute atomic E-state index is 0.00929. The predicted octanol–water partition coefficient (Wildman–Crippen LogP) is 4.07. The number of aromatic amines is 1. The molecule has 1 aliphatic rings. The maximum absolute atomic E-state index is 12.7. The molecule has 4 aromatic rings. The number of para-hydroxylation sites is 1. The third-order valence-electron chi connectivity index (χ3n) is 6.51. The summed E-state index contributed by atoms with van der Waals surface area (Å²) in [4.78, 5) is 22.5. The van der Waals surface area contributed by atoms with Crippen LogP contribution in [0.2, 0.25) is 0 Å². The van der Waals surface area contributed by atoms with E-state index in [1.54, 1.807) is 31.5 Å². The molecule has 1 unspecified atom stereocenters. The van der Waals surface area contributed by atoms with Gasteiger partial charge in [0.25, 0.3) is 5.91 Å². The summed E-state index contributed by atoms with van der Waals surface area (Å²) in [5.74, 6) is 1.38. The number of hydrogen-bond acceptors (Lipinski definition) is 6. The zero-order chi connectivity index (χ0) is 24.9. The molecule has 0 spiro atoms. The first-order chi connectivity index (χ1) is 17.6. The first kappa shape index (κ1) is 23.4. The second-order valence-corrected chi connectivity index (χ2v) is 8.90. The van der Waals surface area contributed by atoms with Crippen molar-refractivity contribution in [1.82, 2.24) is 25.6 Å². The molecule has 3 N–H and O–H groups in total. The summed E-state index contributed by atoms with van der Waals surface area (Å²) in [5.41, 5.74) is 7.25. The van der Waals surface area contributed by atoms with Gasteiger partial charge in [0.1, 0.15) is 23.4 Å². The Morgan fingerprint density at radius 3 is 2.69 bits per heavy atom. The lowest BCUT2D eigenvalue weighted by Crippen LogP contribution is -2.48. The standard InChI is InChI=1S/C28H30N6O2/c1-19(31-28(35)25-9-5-6-16-29-25)27-33-32-26(34(27)18-20-10-13-22(36-2)14-11-20)15-12-21-17-30-24-8-4-3-7-23(21)24/h3-11,13-14,16-17,19,26,30,32H,12,15,18H2,1-2H3,(H,31,35)/t19-,26?/m1/s1. The van der Waals surface area contributed by atoms with E-state index in [0.29, 0.717) is 12.2 Å². The zero-order valence-electron chi connectivity index (χ0n) is 20.4. The molecule has 8 nitrogen and oxygen atoms in total. The molecule has 0 aliphatic carbocycles. The normalized spacial score (nSPS) is 15.9. The third-order valence-corrected chi connectivity index (χ3v) is 6.51. The van der Waals surface area contributed by atoms with Crippen LogP contribution in [0.1, 0.15) is 35.0 Å². The van der Waals surface area contributed by atoms with Crippen molar-refractivity contribution in [3.63, 3.8) is 0 Å². The van der Waals surface area contributed by atoms with Gasteiger partial charge in [-0.1, -0.05) is 36.4 Å². The van der Waals surface area contributed by atoms with Crippen LogP contribution in [0.4, 0.5) is 0 Å². The highest BCUT2D eigenvalue weighted by molar-refractivity contribution is 5.97. The molecular weight excluding hydrogens is 452 g/mol. The molecule has 0 radical (unpaired) electrons. The smallest absolute Gasteiger partial charge is 0.270 e. The number of rotatable bonds is 9. The highest BCUT2D eigenvalue weighted by Crippen LogP contribution is 2.23. The molecule has 184 valence electrons. The molecule has 3 heterocycles. The number of benzene rings is 2. The zero-order valence-corrected chi connectivity index (χ0v) is 20.4. The van der Waals surface area contributed by atoms with Crippen molar-refractivity contribution in [2.24, 2.45) is 5.10 Å². The van der Waals surface area contributed by atoms with Crippen LogP contribution in [-0.4, -0.2) is 45.9 Å². The highest BCUT2D eigenvalue weighted by Gasteiger charge is 2.32. The summed E-state index contributed by atoms with van der Waals surface area (Å²) >= 11 is 0. The largest absolute Gasteiger partial charge is 0.497 e. The summed E-state index contributed by atoms with van der Waals surface area (Å²) in [6, 6.07) is 21.4. The number of H-pyrrole nitrogens is 1. The number of nitrogens with one attached hydrogen (secondary N) is 3. The Labute approximate surface area is 210 Å². The van der Waals surface area contributed by atoms with Crippen LogP contribution < -0.4 is 15.5 Å². The average Bonchev–Trinajstić information content (AvgIpc) is 3.52. The summed E-state index contributed by atoms with van der Waals surface area (Å²) in [6.45, 7) is 2.60.